The number of carbonyl (C=O) groups is 2. The molecule has 1 aliphatic carbocycles. The van der Waals surface area contributed by atoms with E-state index in [1.165, 1.54) is 24.3 Å². The average molecular weight is 512 g/mol. The molecule has 192 valence electrons. The maximum Gasteiger partial charge on any atom is 0.416 e. The molecular weight excluding hydrogens is 487 g/mol. The number of ether oxygens (including phenoxy) is 1. The Morgan fingerprint density at radius 1 is 0.973 bits per heavy atom. The van der Waals surface area contributed by atoms with Crippen molar-refractivity contribution in [2.45, 2.75) is 31.5 Å². The van der Waals surface area contributed by atoms with Crippen LogP contribution in [0.4, 0.5) is 13.2 Å². The van der Waals surface area contributed by atoms with Gasteiger partial charge in [0, 0.05) is 36.2 Å². The van der Waals surface area contributed by atoms with E-state index in [2.05, 4.69) is 10.3 Å². The van der Waals surface area contributed by atoms with E-state index < -0.39 is 11.7 Å². The molecule has 37 heavy (non-hydrogen) atoms. The fraction of sp³-hybridized carbons (Fsp3) is 0.296. The Labute approximate surface area is 210 Å². The predicted molar refractivity (Wildman–Crippen MR) is 128 cm³/mol. The molecule has 1 spiro atoms. The highest BCUT2D eigenvalue weighted by molar-refractivity contribution is 5.95. The van der Waals surface area contributed by atoms with Crippen molar-refractivity contribution >= 4 is 11.8 Å². The van der Waals surface area contributed by atoms with Gasteiger partial charge in [-0.05, 0) is 67.4 Å². The van der Waals surface area contributed by atoms with Crippen molar-refractivity contribution in [1.82, 2.24) is 15.2 Å². The number of rotatable bonds is 5. The van der Waals surface area contributed by atoms with Crippen LogP contribution in [0.1, 0.15) is 45.7 Å². The molecule has 1 atom stereocenters. The van der Waals surface area contributed by atoms with Crippen LogP contribution in [0.25, 0.3) is 0 Å². The van der Waals surface area contributed by atoms with Gasteiger partial charge in [0.25, 0.3) is 11.8 Å². The number of amides is 2. The summed E-state index contributed by atoms with van der Waals surface area (Å²) in [7, 11) is 0. The molecule has 0 bridgehead atoms. The number of carbonyl (C=O) groups excluding carboxylic acids is 2. The van der Waals surface area contributed by atoms with Gasteiger partial charge in [-0.3, -0.25) is 14.4 Å². The first-order chi connectivity index (χ1) is 17.6. The summed E-state index contributed by atoms with van der Waals surface area (Å²) in [6.45, 7) is 1.04. The van der Waals surface area contributed by atoms with E-state index in [1.807, 2.05) is 0 Å². The minimum absolute atomic E-state index is 0.0905. The van der Waals surface area contributed by atoms with Gasteiger partial charge in [-0.15, -0.1) is 0 Å². The molecule has 5 rings (SSSR count). The van der Waals surface area contributed by atoms with E-state index >= 15 is 0 Å². The number of nitrogens with one attached hydrogen (secondary N) is 2. The number of pyridine rings is 1. The maximum atomic E-state index is 13.0. The molecule has 2 N–H and O–H groups in total. The number of hydrogen-bond acceptors (Lipinski definition) is 4. The van der Waals surface area contributed by atoms with Crippen molar-refractivity contribution in [2.24, 2.45) is 5.41 Å². The summed E-state index contributed by atoms with van der Waals surface area (Å²) in [6, 6.07) is 15.2. The third-order valence-corrected chi connectivity index (χ3v) is 7.04. The fourth-order valence-corrected chi connectivity index (χ4v) is 5.11. The van der Waals surface area contributed by atoms with Crippen molar-refractivity contribution in [3.8, 4) is 11.5 Å². The number of halogens is 3. The molecule has 0 radical (unpaired) electrons. The second kappa shape index (κ2) is 9.42. The second-order valence-corrected chi connectivity index (χ2v) is 9.52. The number of benzene rings is 2. The minimum Gasteiger partial charge on any atom is -0.457 e. The molecule has 1 aromatic heterocycles. The van der Waals surface area contributed by atoms with Crippen LogP contribution < -0.4 is 15.6 Å². The summed E-state index contributed by atoms with van der Waals surface area (Å²) >= 11 is 0. The first kappa shape index (κ1) is 24.6. The zero-order valence-electron chi connectivity index (χ0n) is 19.7. The molecule has 10 heteroatoms. The third-order valence-electron chi connectivity index (χ3n) is 7.04. The van der Waals surface area contributed by atoms with Gasteiger partial charge in [0.15, 0.2) is 0 Å². The highest BCUT2D eigenvalue weighted by atomic mass is 19.4. The van der Waals surface area contributed by atoms with Gasteiger partial charge < -0.3 is 19.9 Å². The standard InChI is InChI=1S/C27H24F3N3O4/c28-27(29,30)18-8-12-20(13-9-18)37-19-10-6-17(7-11-19)25(36)33-15-26(16-33)14-2-4-22(26)32-24(35)21-3-1-5-23(34)31-21/h1,3,5-13,22H,2,4,14-16H2,(H,31,34)(H,32,35). The smallest absolute Gasteiger partial charge is 0.416 e. The highest BCUT2D eigenvalue weighted by Crippen LogP contribution is 2.46. The zero-order chi connectivity index (χ0) is 26.2. The molecule has 2 fully saturated rings. The largest absolute Gasteiger partial charge is 0.457 e. The van der Waals surface area contributed by atoms with Gasteiger partial charge in [-0.1, -0.05) is 12.5 Å². The van der Waals surface area contributed by atoms with Crippen molar-refractivity contribution in [2.75, 3.05) is 13.1 Å². The molecule has 7 nitrogen and oxygen atoms in total. The van der Waals surface area contributed by atoms with Gasteiger partial charge in [0.05, 0.1) is 5.56 Å². The number of aromatic nitrogens is 1. The third kappa shape index (κ3) is 5.09. The topological polar surface area (TPSA) is 91.5 Å². The lowest BCUT2D eigenvalue weighted by Gasteiger charge is -2.51. The van der Waals surface area contributed by atoms with E-state index in [1.54, 1.807) is 35.2 Å². The Balaban J connectivity index is 1.18. The number of H-pyrrole nitrogens is 1. The van der Waals surface area contributed by atoms with E-state index in [-0.39, 0.29) is 40.3 Å². The van der Waals surface area contributed by atoms with Crippen molar-refractivity contribution in [3.63, 3.8) is 0 Å². The molecule has 2 aliphatic rings. The van der Waals surface area contributed by atoms with Gasteiger partial charge in [0.1, 0.15) is 17.2 Å². The molecule has 2 amide bonds. The van der Waals surface area contributed by atoms with E-state index in [0.717, 1.165) is 31.4 Å². The monoisotopic (exact) mass is 511 g/mol. The minimum atomic E-state index is -4.41. The Morgan fingerprint density at radius 3 is 2.24 bits per heavy atom. The number of aromatic amines is 1. The Bertz CT molecular complexity index is 1360. The Morgan fingerprint density at radius 2 is 1.62 bits per heavy atom. The Kier molecular flexibility index (Phi) is 6.26. The van der Waals surface area contributed by atoms with Crippen LogP contribution in [0.2, 0.25) is 0 Å². The summed E-state index contributed by atoms with van der Waals surface area (Å²) < 4.78 is 43.7. The quantitative estimate of drug-likeness (QED) is 0.524. The predicted octanol–water partition coefficient (Wildman–Crippen LogP) is 4.61. The SMILES string of the molecule is O=C(NC1CCCC12CN(C(=O)c1ccc(Oc3ccc(C(F)(F)F)cc3)cc1)C2)c1cccc(=O)[nH]1. The first-order valence-electron chi connectivity index (χ1n) is 11.9. The summed E-state index contributed by atoms with van der Waals surface area (Å²) in [6.07, 6.45) is -1.77. The fourth-order valence-electron chi connectivity index (χ4n) is 5.11. The molecule has 2 aromatic carbocycles. The number of alkyl halides is 3. The van der Waals surface area contributed by atoms with Gasteiger partial charge in [-0.2, -0.15) is 13.2 Å². The van der Waals surface area contributed by atoms with E-state index in [9.17, 15) is 27.6 Å². The maximum absolute atomic E-state index is 13.0. The van der Waals surface area contributed by atoms with E-state index in [0.29, 0.717) is 24.4 Å². The van der Waals surface area contributed by atoms with Crippen LogP contribution in [0.3, 0.4) is 0 Å². The normalized spacial score (nSPS) is 18.4. The zero-order valence-corrected chi connectivity index (χ0v) is 19.7. The van der Waals surface area contributed by atoms with Crippen molar-refractivity contribution in [1.29, 1.82) is 0 Å². The van der Waals surface area contributed by atoms with Crippen LogP contribution in [0.15, 0.2) is 71.5 Å². The van der Waals surface area contributed by atoms with E-state index in [4.69, 9.17) is 4.74 Å². The molecule has 1 aliphatic heterocycles. The van der Waals surface area contributed by atoms with Crippen LogP contribution >= 0.6 is 0 Å². The lowest BCUT2D eigenvalue weighted by atomic mass is 9.74. The van der Waals surface area contributed by atoms with Crippen LogP contribution in [0, 0.1) is 5.41 Å². The lowest BCUT2D eigenvalue weighted by Crippen LogP contribution is -2.64. The Hall–Kier alpha value is -4.08. The van der Waals surface area contributed by atoms with Gasteiger partial charge in [0.2, 0.25) is 5.56 Å². The van der Waals surface area contributed by atoms with Crippen LogP contribution in [0.5, 0.6) is 11.5 Å². The summed E-state index contributed by atoms with van der Waals surface area (Å²) in [5.41, 5.74) is -0.612. The lowest BCUT2D eigenvalue weighted by molar-refractivity contribution is -0.137. The molecule has 3 aromatic rings. The van der Waals surface area contributed by atoms with Gasteiger partial charge >= 0.3 is 6.18 Å². The van der Waals surface area contributed by atoms with Crippen LogP contribution in [-0.4, -0.2) is 40.8 Å². The first-order valence-corrected chi connectivity index (χ1v) is 11.9. The number of likely N-dealkylation sites (tertiary alicyclic amines) is 1. The molecule has 1 saturated heterocycles. The molecule has 2 heterocycles. The molecule has 1 saturated carbocycles. The van der Waals surface area contributed by atoms with Gasteiger partial charge in [-0.25, -0.2) is 0 Å². The molecule has 1 unspecified atom stereocenters. The highest BCUT2D eigenvalue weighted by Gasteiger charge is 2.53. The summed E-state index contributed by atoms with van der Waals surface area (Å²) in [5, 5.41) is 3.03. The summed E-state index contributed by atoms with van der Waals surface area (Å²) in [4.78, 5) is 41.4. The molecular formula is C27H24F3N3O4. The summed E-state index contributed by atoms with van der Waals surface area (Å²) in [5.74, 6) is 0.174. The number of hydrogen-bond donors (Lipinski definition) is 2. The van der Waals surface area contributed by atoms with Crippen molar-refractivity contribution in [3.05, 3.63) is 93.9 Å². The average Bonchev–Trinajstić information content (AvgIpc) is 3.26. The van der Waals surface area contributed by atoms with Crippen molar-refractivity contribution < 1.29 is 27.5 Å². The van der Waals surface area contributed by atoms with Crippen LogP contribution in [-0.2, 0) is 6.18 Å². The second-order valence-electron chi connectivity index (χ2n) is 9.52. The number of nitrogens with zero attached hydrogens (tertiary/aromatic N) is 1.